The molecule has 0 saturated heterocycles. The summed E-state index contributed by atoms with van der Waals surface area (Å²) in [4.78, 5) is 35.1. The molecule has 0 radical (unpaired) electrons. The molecule has 33 heavy (non-hydrogen) atoms. The van der Waals surface area contributed by atoms with Crippen molar-refractivity contribution in [3.05, 3.63) is 79.5 Å². The van der Waals surface area contributed by atoms with Crippen molar-refractivity contribution < 1.29 is 19.2 Å². The van der Waals surface area contributed by atoms with Gasteiger partial charge in [-0.2, -0.15) is 0 Å². The first-order chi connectivity index (χ1) is 15.3. The summed E-state index contributed by atoms with van der Waals surface area (Å²) in [6.45, 7) is 0. The number of pyridine rings is 1. The van der Waals surface area contributed by atoms with Gasteiger partial charge in [0, 0.05) is 41.8 Å². The molecule has 2 aromatic carbocycles. The fourth-order valence-corrected chi connectivity index (χ4v) is 2.84. The number of non-ortho nitro benzene ring substituents is 2. The average Bonchev–Trinajstić information content (AvgIpc) is 2.72. The lowest BCUT2D eigenvalue weighted by Crippen LogP contribution is -2.18. The largest absolute Gasteiger partial charge is 0.339 e. The molecule has 4 rings (SSSR count). The Hall–Kier alpha value is -2.49. The molecule has 0 unspecified atom stereocenters. The van der Waals surface area contributed by atoms with Gasteiger partial charge in [0.2, 0.25) is 5.91 Å². The van der Waals surface area contributed by atoms with Crippen LogP contribution in [0.15, 0.2) is 48.5 Å². The normalized spacial score (nSPS) is 12.3. The highest BCUT2D eigenvalue weighted by atomic mass is 36.0. The lowest BCUT2D eigenvalue weighted by molar-refractivity contribution is -0.385. The highest BCUT2D eigenvalue weighted by Crippen LogP contribution is 2.61. The van der Waals surface area contributed by atoms with Crippen LogP contribution in [0.5, 0.6) is 0 Å². The zero-order chi connectivity index (χ0) is 24.8. The molecule has 1 aliphatic heterocycles. The number of nitrogens with one attached hydrogen (secondary N) is 1. The minimum atomic E-state index is -3.22. The van der Waals surface area contributed by atoms with Crippen LogP contribution in [0.3, 0.4) is 0 Å². The van der Waals surface area contributed by atoms with Crippen LogP contribution in [-0.2, 0) is 15.8 Å². The fraction of sp³-hybridized carbons (Fsp3) is 0.111. The number of nitro groups is 2. The Morgan fingerprint density at radius 1 is 0.909 bits per heavy atom. The molecule has 1 amide bonds. The highest BCUT2D eigenvalue weighted by molar-refractivity contribution is 8.24. The topological polar surface area (TPSA) is 145 Å². The molecule has 10 nitrogen and oxygen atoms in total. The summed E-state index contributed by atoms with van der Waals surface area (Å²) in [5, 5.41) is 21.5. The summed E-state index contributed by atoms with van der Waals surface area (Å²) in [6.07, 6.45) is 0.969. The zero-order valence-electron chi connectivity index (χ0n) is 16.3. The number of hydrogen-bond donors (Lipinski definition) is 1. The molecule has 0 atom stereocenters. The van der Waals surface area contributed by atoms with Gasteiger partial charge in [0.15, 0.2) is 0 Å². The molecule has 1 aliphatic rings. The molecule has 0 spiro atoms. The van der Waals surface area contributed by atoms with Crippen LogP contribution in [0.25, 0.3) is 10.9 Å². The van der Waals surface area contributed by atoms with Crippen LogP contribution in [0.2, 0.25) is 5.15 Å². The third-order valence-corrected chi connectivity index (χ3v) is 4.26. The lowest BCUT2D eigenvalue weighted by Gasteiger charge is -2.15. The average molecular weight is 554 g/mol. The Labute approximate surface area is 205 Å². The first kappa shape index (κ1) is 26.8. The van der Waals surface area contributed by atoms with E-state index in [1.807, 2.05) is 0 Å². The smallest absolute Gasteiger partial charge is 0.326 e. The number of hydrogen-bond acceptors (Lipinski definition) is 7. The van der Waals surface area contributed by atoms with Crippen LogP contribution in [-0.4, -0.2) is 20.7 Å². The predicted molar refractivity (Wildman–Crippen MR) is 129 cm³/mol. The van der Waals surface area contributed by atoms with E-state index in [0.29, 0.717) is 34.6 Å². The lowest BCUT2D eigenvalue weighted by atomic mass is 10.0. The second-order valence-corrected chi connectivity index (χ2v) is 13.3. The number of carbonyl (C=O) groups is 1. The molecule has 2 heterocycles. The van der Waals surface area contributed by atoms with Crippen molar-refractivity contribution in [1.82, 2.24) is 4.98 Å². The Morgan fingerprint density at radius 3 is 2.09 bits per heavy atom. The molecule has 1 aromatic heterocycles. The van der Waals surface area contributed by atoms with Crippen molar-refractivity contribution in [3.8, 4) is 0 Å². The standard InChI is InChI=1S/C9H5ClN2O2.C9H8N2O3.Cl3OP/c10-9-4-1-6-5-7(12(13)14)2-3-8(6)11-9;12-9-4-1-6-5-7(11(13)14)2-3-8(6)10-9;1-5(2,3)4/h1-5H;2-3,5H,1,4H2,(H,10,12);. The number of rotatable bonds is 2. The summed E-state index contributed by atoms with van der Waals surface area (Å²) in [7, 11) is 0. The van der Waals surface area contributed by atoms with Gasteiger partial charge < -0.3 is 5.32 Å². The number of anilines is 1. The number of nitro benzene ring substituents is 2. The molecular weight excluding hydrogens is 541 g/mol. The van der Waals surface area contributed by atoms with E-state index in [1.165, 1.54) is 24.3 Å². The van der Waals surface area contributed by atoms with Crippen LogP contribution >= 0.6 is 50.5 Å². The predicted octanol–water partition coefficient (Wildman–Crippen LogP) is 7.09. The highest BCUT2D eigenvalue weighted by Gasteiger charge is 2.17. The first-order valence-corrected chi connectivity index (χ1v) is 13.6. The second-order valence-electron chi connectivity index (χ2n) is 6.31. The minimum absolute atomic E-state index is 0.0358. The molecule has 0 bridgehead atoms. The molecule has 0 fully saturated rings. The molecule has 1 N–H and O–H groups in total. The monoisotopic (exact) mass is 552 g/mol. The number of halogens is 4. The molecule has 0 aliphatic carbocycles. The van der Waals surface area contributed by atoms with Crippen molar-refractivity contribution in [2.24, 2.45) is 0 Å². The van der Waals surface area contributed by atoms with Gasteiger partial charge in [-0.1, -0.05) is 11.6 Å². The van der Waals surface area contributed by atoms with Crippen molar-refractivity contribution in [2.45, 2.75) is 12.8 Å². The van der Waals surface area contributed by atoms with E-state index >= 15 is 0 Å². The van der Waals surface area contributed by atoms with Gasteiger partial charge in [0.1, 0.15) is 5.15 Å². The van der Waals surface area contributed by atoms with Gasteiger partial charge in [-0.25, -0.2) is 4.98 Å². The van der Waals surface area contributed by atoms with E-state index in [4.69, 9.17) is 11.6 Å². The van der Waals surface area contributed by atoms with Crippen LogP contribution in [0, 0.1) is 20.2 Å². The summed E-state index contributed by atoms with van der Waals surface area (Å²) < 4.78 is 9.51. The maximum Gasteiger partial charge on any atom is 0.339 e. The Kier molecular flexibility index (Phi) is 9.39. The summed E-state index contributed by atoms with van der Waals surface area (Å²) in [5.41, 5.74) is 2.30. The number of nitrogens with zero attached hydrogens (tertiary/aromatic N) is 3. The SMILES string of the molecule is O=C1CCc2cc([N+](=O)[O-])ccc2N1.O=P(Cl)(Cl)Cl.O=[N+]([O-])c1ccc2nc(Cl)ccc2c1. The number of amides is 1. The van der Waals surface area contributed by atoms with E-state index < -0.39 is 15.0 Å². The van der Waals surface area contributed by atoms with Crippen molar-refractivity contribution in [1.29, 1.82) is 0 Å². The summed E-state index contributed by atoms with van der Waals surface area (Å²) in [5.74, 6) is -0.0358. The number of aromatic nitrogens is 1. The number of aryl methyl sites for hydroxylation is 1. The summed E-state index contributed by atoms with van der Waals surface area (Å²) in [6, 6.07) is 12.2. The molecular formula is C18H13Cl4N4O6P. The quantitative estimate of drug-likeness (QED) is 0.154. The fourth-order valence-electron chi connectivity index (χ4n) is 2.69. The van der Waals surface area contributed by atoms with Gasteiger partial charge in [-0.3, -0.25) is 29.6 Å². The third-order valence-electron chi connectivity index (χ3n) is 4.04. The van der Waals surface area contributed by atoms with Crippen LogP contribution in [0.1, 0.15) is 12.0 Å². The van der Waals surface area contributed by atoms with Gasteiger partial charge in [-0.05, 0) is 70.0 Å². The van der Waals surface area contributed by atoms with Crippen LogP contribution < -0.4 is 5.32 Å². The molecule has 15 heteroatoms. The van der Waals surface area contributed by atoms with Gasteiger partial charge in [0.25, 0.3) is 11.4 Å². The maximum absolute atomic E-state index is 11.0. The van der Waals surface area contributed by atoms with Crippen molar-refractivity contribution >= 4 is 84.4 Å². The van der Waals surface area contributed by atoms with E-state index in [-0.39, 0.29) is 17.3 Å². The first-order valence-electron chi connectivity index (χ1n) is 8.80. The van der Waals surface area contributed by atoms with E-state index in [2.05, 4.69) is 44.0 Å². The Balaban J connectivity index is 0.000000195. The molecule has 174 valence electrons. The molecule has 3 aromatic rings. The number of carbonyl (C=O) groups excluding carboxylic acids is 1. The Morgan fingerprint density at radius 2 is 1.48 bits per heavy atom. The minimum Gasteiger partial charge on any atom is -0.326 e. The van der Waals surface area contributed by atoms with Crippen LogP contribution in [0.4, 0.5) is 17.1 Å². The van der Waals surface area contributed by atoms with Gasteiger partial charge in [-0.15, -0.1) is 0 Å². The van der Waals surface area contributed by atoms with E-state index in [1.54, 1.807) is 24.3 Å². The number of fused-ring (bicyclic) bond motifs is 2. The molecule has 0 saturated carbocycles. The van der Waals surface area contributed by atoms with Crippen molar-refractivity contribution in [3.63, 3.8) is 0 Å². The van der Waals surface area contributed by atoms with Gasteiger partial charge >= 0.3 is 5.20 Å². The third kappa shape index (κ3) is 9.11. The second kappa shape index (κ2) is 11.6. The van der Waals surface area contributed by atoms with E-state index in [9.17, 15) is 29.6 Å². The number of benzene rings is 2. The van der Waals surface area contributed by atoms with Gasteiger partial charge in [0.05, 0.1) is 15.4 Å². The maximum atomic E-state index is 11.0. The van der Waals surface area contributed by atoms with Crippen molar-refractivity contribution in [2.75, 3.05) is 5.32 Å². The van der Waals surface area contributed by atoms with E-state index in [0.717, 1.165) is 5.56 Å². The zero-order valence-corrected chi connectivity index (χ0v) is 20.2. The Bertz CT molecular complexity index is 1260. The summed E-state index contributed by atoms with van der Waals surface area (Å²) >= 11 is 19.5.